The first-order valence-corrected chi connectivity index (χ1v) is 6.71. The van der Waals surface area contributed by atoms with Crippen LogP contribution in [0.4, 0.5) is 5.69 Å². The molecule has 23 heavy (non-hydrogen) atoms. The third-order valence-electron chi connectivity index (χ3n) is 3.44. The molecule has 0 radical (unpaired) electrons. The SMILES string of the molecule is N#Cc1cccc(Cn2c(=O)cnc3ccc([N+](=O)[O-])cc32)c1. The van der Waals surface area contributed by atoms with E-state index in [1.807, 2.05) is 6.07 Å². The first-order chi connectivity index (χ1) is 11.1. The maximum absolute atomic E-state index is 12.1. The van der Waals surface area contributed by atoms with Gasteiger partial charge in [0.25, 0.3) is 11.2 Å². The summed E-state index contributed by atoms with van der Waals surface area (Å²) in [4.78, 5) is 26.6. The number of nitro benzene ring substituents is 1. The van der Waals surface area contributed by atoms with E-state index in [0.29, 0.717) is 16.6 Å². The number of nitrogens with zero attached hydrogens (tertiary/aromatic N) is 4. The minimum Gasteiger partial charge on any atom is -0.301 e. The van der Waals surface area contributed by atoms with Gasteiger partial charge in [0.05, 0.1) is 40.3 Å². The number of aromatic nitrogens is 2. The molecule has 112 valence electrons. The predicted molar refractivity (Wildman–Crippen MR) is 82.9 cm³/mol. The van der Waals surface area contributed by atoms with Gasteiger partial charge in [-0.3, -0.25) is 14.9 Å². The van der Waals surface area contributed by atoms with E-state index in [-0.39, 0.29) is 17.8 Å². The highest BCUT2D eigenvalue weighted by molar-refractivity contribution is 5.77. The molecule has 0 fully saturated rings. The molecule has 1 aromatic heterocycles. The van der Waals surface area contributed by atoms with Crippen LogP contribution >= 0.6 is 0 Å². The van der Waals surface area contributed by atoms with Crippen LogP contribution in [0, 0.1) is 21.4 Å². The molecule has 0 aliphatic carbocycles. The number of rotatable bonds is 3. The normalized spacial score (nSPS) is 10.4. The van der Waals surface area contributed by atoms with Gasteiger partial charge in [0, 0.05) is 12.1 Å². The van der Waals surface area contributed by atoms with Crippen molar-refractivity contribution in [1.29, 1.82) is 5.26 Å². The first-order valence-electron chi connectivity index (χ1n) is 6.71. The summed E-state index contributed by atoms with van der Waals surface area (Å²) in [6.07, 6.45) is 1.18. The zero-order valence-electron chi connectivity index (χ0n) is 11.8. The van der Waals surface area contributed by atoms with Crippen LogP contribution in [-0.4, -0.2) is 14.5 Å². The van der Waals surface area contributed by atoms with Crippen molar-refractivity contribution in [2.45, 2.75) is 6.54 Å². The molecule has 0 unspecified atom stereocenters. The van der Waals surface area contributed by atoms with E-state index >= 15 is 0 Å². The standard InChI is InChI=1S/C16H10N4O3/c17-8-11-2-1-3-12(6-11)10-19-15-7-13(20(22)23)4-5-14(15)18-9-16(19)21/h1-7,9H,10H2. The van der Waals surface area contributed by atoms with Crippen LogP contribution < -0.4 is 5.56 Å². The smallest absolute Gasteiger partial charge is 0.271 e. The molecule has 0 amide bonds. The summed E-state index contributed by atoms with van der Waals surface area (Å²) in [5, 5.41) is 19.9. The van der Waals surface area contributed by atoms with Crippen LogP contribution in [0.2, 0.25) is 0 Å². The van der Waals surface area contributed by atoms with Crippen molar-refractivity contribution >= 4 is 16.7 Å². The van der Waals surface area contributed by atoms with Crippen LogP contribution in [0.5, 0.6) is 0 Å². The molecule has 0 atom stereocenters. The third-order valence-corrected chi connectivity index (χ3v) is 3.44. The highest BCUT2D eigenvalue weighted by atomic mass is 16.6. The third kappa shape index (κ3) is 2.78. The van der Waals surface area contributed by atoms with E-state index in [1.165, 1.54) is 29.0 Å². The van der Waals surface area contributed by atoms with Gasteiger partial charge in [-0.25, -0.2) is 4.98 Å². The molecule has 0 spiro atoms. The largest absolute Gasteiger partial charge is 0.301 e. The molecule has 0 saturated heterocycles. The van der Waals surface area contributed by atoms with Gasteiger partial charge >= 0.3 is 0 Å². The van der Waals surface area contributed by atoms with Gasteiger partial charge in [-0.1, -0.05) is 12.1 Å². The lowest BCUT2D eigenvalue weighted by atomic mass is 10.1. The molecule has 3 aromatic rings. The second-order valence-corrected chi connectivity index (χ2v) is 4.92. The van der Waals surface area contributed by atoms with Gasteiger partial charge in [0.15, 0.2) is 0 Å². The second-order valence-electron chi connectivity index (χ2n) is 4.92. The van der Waals surface area contributed by atoms with E-state index in [4.69, 9.17) is 5.26 Å². The van der Waals surface area contributed by atoms with E-state index in [9.17, 15) is 14.9 Å². The van der Waals surface area contributed by atoms with Gasteiger partial charge in [-0.05, 0) is 23.8 Å². The van der Waals surface area contributed by atoms with Crippen molar-refractivity contribution in [2.24, 2.45) is 0 Å². The predicted octanol–water partition coefficient (Wildman–Crippen LogP) is 2.22. The topological polar surface area (TPSA) is 102 Å². The van der Waals surface area contributed by atoms with E-state index in [0.717, 1.165) is 5.56 Å². The van der Waals surface area contributed by atoms with E-state index in [1.54, 1.807) is 24.3 Å². The van der Waals surface area contributed by atoms with E-state index in [2.05, 4.69) is 4.98 Å². The van der Waals surface area contributed by atoms with Crippen LogP contribution in [0.1, 0.15) is 11.1 Å². The highest BCUT2D eigenvalue weighted by Gasteiger charge is 2.11. The van der Waals surface area contributed by atoms with Gasteiger partial charge in [0.1, 0.15) is 0 Å². The minimum atomic E-state index is -0.516. The average molecular weight is 306 g/mol. The summed E-state index contributed by atoms with van der Waals surface area (Å²) in [5.74, 6) is 0. The molecule has 1 heterocycles. The monoisotopic (exact) mass is 306 g/mol. The van der Waals surface area contributed by atoms with Gasteiger partial charge < -0.3 is 4.57 Å². The molecule has 7 nitrogen and oxygen atoms in total. The molecule has 0 aliphatic rings. The Labute approximate surface area is 130 Å². The Hall–Kier alpha value is -3.53. The van der Waals surface area contributed by atoms with Crippen LogP contribution in [0.3, 0.4) is 0 Å². The Balaban J connectivity index is 2.17. The fraction of sp³-hybridized carbons (Fsp3) is 0.0625. The van der Waals surface area contributed by atoms with Gasteiger partial charge in [-0.2, -0.15) is 5.26 Å². The summed E-state index contributed by atoms with van der Waals surface area (Å²) in [7, 11) is 0. The maximum atomic E-state index is 12.1. The molecule has 0 bridgehead atoms. The molecular weight excluding hydrogens is 296 g/mol. The van der Waals surface area contributed by atoms with Crippen molar-refractivity contribution < 1.29 is 4.92 Å². The highest BCUT2D eigenvalue weighted by Crippen LogP contribution is 2.19. The molecule has 0 N–H and O–H groups in total. The fourth-order valence-electron chi connectivity index (χ4n) is 2.35. The number of nitriles is 1. The number of non-ortho nitro benzene ring substituents is 1. The summed E-state index contributed by atoms with van der Waals surface area (Å²) in [6, 6.07) is 13.1. The Kier molecular flexibility index (Phi) is 3.57. The minimum absolute atomic E-state index is 0.107. The molecule has 0 saturated carbocycles. The number of benzene rings is 2. The van der Waals surface area contributed by atoms with Gasteiger partial charge in [-0.15, -0.1) is 0 Å². The Morgan fingerprint density at radius 2 is 2.09 bits per heavy atom. The summed E-state index contributed by atoms with van der Waals surface area (Å²) in [5.41, 5.74) is 1.65. The van der Waals surface area contributed by atoms with Crippen molar-refractivity contribution in [3.05, 3.63) is 80.3 Å². The molecule has 7 heteroatoms. The quantitative estimate of drug-likeness (QED) is 0.545. The Morgan fingerprint density at radius 3 is 2.83 bits per heavy atom. The zero-order valence-corrected chi connectivity index (χ0v) is 11.8. The fourth-order valence-corrected chi connectivity index (χ4v) is 2.35. The number of hydrogen-bond donors (Lipinski definition) is 0. The Bertz CT molecular complexity index is 1020. The second kappa shape index (κ2) is 5.69. The molecular formula is C16H10N4O3. The Morgan fingerprint density at radius 1 is 1.26 bits per heavy atom. The van der Waals surface area contributed by atoms with Gasteiger partial charge in [0.2, 0.25) is 0 Å². The molecule has 2 aromatic carbocycles. The zero-order chi connectivity index (χ0) is 16.4. The first kappa shape index (κ1) is 14.4. The molecule has 0 aliphatic heterocycles. The summed E-state index contributed by atoms with van der Waals surface area (Å²) < 4.78 is 1.41. The number of fused-ring (bicyclic) bond motifs is 1. The van der Waals surface area contributed by atoms with Crippen LogP contribution in [0.15, 0.2) is 53.5 Å². The van der Waals surface area contributed by atoms with Crippen molar-refractivity contribution in [2.75, 3.05) is 0 Å². The van der Waals surface area contributed by atoms with Crippen LogP contribution in [-0.2, 0) is 6.54 Å². The maximum Gasteiger partial charge on any atom is 0.271 e. The van der Waals surface area contributed by atoms with Crippen LogP contribution in [0.25, 0.3) is 11.0 Å². The number of nitro groups is 1. The van der Waals surface area contributed by atoms with Crippen molar-refractivity contribution in [3.63, 3.8) is 0 Å². The lowest BCUT2D eigenvalue weighted by Gasteiger charge is -2.09. The summed E-state index contributed by atoms with van der Waals surface area (Å²) >= 11 is 0. The van der Waals surface area contributed by atoms with Crippen molar-refractivity contribution in [3.8, 4) is 6.07 Å². The lowest BCUT2D eigenvalue weighted by Crippen LogP contribution is -2.21. The van der Waals surface area contributed by atoms with Crippen molar-refractivity contribution in [1.82, 2.24) is 9.55 Å². The average Bonchev–Trinajstić information content (AvgIpc) is 2.57. The van der Waals surface area contributed by atoms with E-state index < -0.39 is 4.92 Å². The lowest BCUT2D eigenvalue weighted by molar-refractivity contribution is -0.384. The molecule has 3 rings (SSSR count). The summed E-state index contributed by atoms with van der Waals surface area (Å²) in [6.45, 7) is 0.203. The number of hydrogen-bond acceptors (Lipinski definition) is 5.